The van der Waals surface area contributed by atoms with E-state index < -0.39 is 5.97 Å². The standard InChI is InChI=1S/C15H18N2O3S/c1-4-5-10(2)17-13-8-11(20-3)6-7-12(13)16-15(17)21-9-14(18)19/h4,6-8,10H,1,5,9H2,2-3H3,(H,18,19). The Kier molecular flexibility index (Phi) is 4.90. The highest BCUT2D eigenvalue weighted by Crippen LogP contribution is 2.31. The third kappa shape index (κ3) is 3.39. The summed E-state index contributed by atoms with van der Waals surface area (Å²) in [6.45, 7) is 5.83. The zero-order valence-electron chi connectivity index (χ0n) is 12.1. The van der Waals surface area contributed by atoms with Crippen molar-refractivity contribution >= 4 is 28.8 Å². The van der Waals surface area contributed by atoms with Crippen molar-refractivity contribution in [3.05, 3.63) is 30.9 Å². The number of hydrogen-bond acceptors (Lipinski definition) is 4. The average molecular weight is 306 g/mol. The Bertz CT molecular complexity index is 666. The van der Waals surface area contributed by atoms with Crippen LogP contribution < -0.4 is 4.74 Å². The molecule has 2 rings (SSSR count). The molecular formula is C15H18N2O3S. The van der Waals surface area contributed by atoms with Gasteiger partial charge in [0.2, 0.25) is 0 Å². The molecule has 0 spiro atoms. The van der Waals surface area contributed by atoms with Crippen LogP contribution in [0.1, 0.15) is 19.4 Å². The number of fused-ring (bicyclic) bond motifs is 1. The first-order chi connectivity index (χ1) is 10.1. The molecule has 0 fully saturated rings. The van der Waals surface area contributed by atoms with E-state index in [1.807, 2.05) is 28.8 Å². The van der Waals surface area contributed by atoms with Crippen molar-refractivity contribution in [3.63, 3.8) is 0 Å². The number of nitrogens with zero attached hydrogens (tertiary/aromatic N) is 2. The molecule has 6 heteroatoms. The predicted octanol–water partition coefficient (Wildman–Crippen LogP) is 3.36. The Morgan fingerprint density at radius 2 is 2.38 bits per heavy atom. The van der Waals surface area contributed by atoms with Crippen LogP contribution in [-0.4, -0.2) is 33.5 Å². The molecule has 1 heterocycles. The molecule has 0 bridgehead atoms. The Morgan fingerprint density at radius 3 is 3.00 bits per heavy atom. The first-order valence-corrected chi connectivity index (χ1v) is 7.56. The number of carboxylic acid groups (broad SMARTS) is 1. The van der Waals surface area contributed by atoms with Gasteiger partial charge in [-0.3, -0.25) is 4.79 Å². The minimum atomic E-state index is -0.854. The number of allylic oxidation sites excluding steroid dienone is 1. The van der Waals surface area contributed by atoms with Crippen molar-refractivity contribution in [1.29, 1.82) is 0 Å². The number of aromatic nitrogens is 2. The van der Waals surface area contributed by atoms with E-state index in [2.05, 4.69) is 18.5 Å². The summed E-state index contributed by atoms with van der Waals surface area (Å²) in [5.41, 5.74) is 1.77. The van der Waals surface area contributed by atoms with E-state index in [0.29, 0.717) is 5.16 Å². The number of imidazole rings is 1. The number of thioether (sulfide) groups is 1. The lowest BCUT2D eigenvalue weighted by molar-refractivity contribution is -0.133. The average Bonchev–Trinajstić information content (AvgIpc) is 2.82. The van der Waals surface area contributed by atoms with Gasteiger partial charge in [-0.05, 0) is 25.5 Å². The van der Waals surface area contributed by atoms with Gasteiger partial charge >= 0.3 is 5.97 Å². The maximum atomic E-state index is 10.8. The molecule has 1 aromatic carbocycles. The van der Waals surface area contributed by atoms with Gasteiger partial charge in [0.15, 0.2) is 5.16 Å². The zero-order valence-corrected chi connectivity index (χ0v) is 12.9. The fourth-order valence-electron chi connectivity index (χ4n) is 2.18. The summed E-state index contributed by atoms with van der Waals surface area (Å²) in [5.74, 6) is -0.113. The van der Waals surface area contributed by atoms with Gasteiger partial charge in [0.05, 0.1) is 23.9 Å². The number of methoxy groups -OCH3 is 1. The fourth-order valence-corrected chi connectivity index (χ4v) is 3.01. The summed E-state index contributed by atoms with van der Waals surface area (Å²) in [5, 5.41) is 9.57. The summed E-state index contributed by atoms with van der Waals surface area (Å²) in [6.07, 6.45) is 2.63. The van der Waals surface area contributed by atoms with Gasteiger partial charge in [0.25, 0.3) is 0 Å². The van der Waals surface area contributed by atoms with Gasteiger partial charge in [-0.15, -0.1) is 6.58 Å². The molecule has 2 aromatic rings. The highest BCUT2D eigenvalue weighted by molar-refractivity contribution is 7.99. The van der Waals surface area contributed by atoms with Gasteiger partial charge in [-0.2, -0.15) is 0 Å². The molecule has 0 amide bonds. The third-order valence-corrected chi connectivity index (χ3v) is 4.08. The maximum Gasteiger partial charge on any atom is 0.313 e. The van der Waals surface area contributed by atoms with E-state index in [-0.39, 0.29) is 11.8 Å². The molecule has 112 valence electrons. The molecule has 5 nitrogen and oxygen atoms in total. The highest BCUT2D eigenvalue weighted by Gasteiger charge is 2.17. The van der Waals surface area contributed by atoms with E-state index in [9.17, 15) is 4.79 Å². The second-order valence-electron chi connectivity index (χ2n) is 4.67. The first-order valence-electron chi connectivity index (χ1n) is 6.58. The zero-order chi connectivity index (χ0) is 15.4. The molecule has 1 unspecified atom stereocenters. The minimum Gasteiger partial charge on any atom is -0.497 e. The van der Waals surface area contributed by atoms with Crippen molar-refractivity contribution in [1.82, 2.24) is 9.55 Å². The lowest BCUT2D eigenvalue weighted by Gasteiger charge is -2.15. The third-order valence-electron chi connectivity index (χ3n) is 3.14. The van der Waals surface area contributed by atoms with Crippen LogP contribution in [0.2, 0.25) is 0 Å². The van der Waals surface area contributed by atoms with E-state index >= 15 is 0 Å². The van der Waals surface area contributed by atoms with Crippen LogP contribution in [-0.2, 0) is 4.79 Å². The normalized spacial score (nSPS) is 12.3. The molecule has 0 aliphatic rings. The Morgan fingerprint density at radius 1 is 1.62 bits per heavy atom. The fraction of sp³-hybridized carbons (Fsp3) is 0.333. The molecule has 1 aromatic heterocycles. The van der Waals surface area contributed by atoms with Gasteiger partial charge < -0.3 is 14.4 Å². The van der Waals surface area contributed by atoms with E-state index in [0.717, 1.165) is 23.2 Å². The summed E-state index contributed by atoms with van der Waals surface area (Å²) in [6, 6.07) is 5.81. The molecule has 0 saturated heterocycles. The highest BCUT2D eigenvalue weighted by atomic mass is 32.2. The van der Waals surface area contributed by atoms with Crippen LogP contribution in [0.4, 0.5) is 0 Å². The number of rotatable bonds is 7. The SMILES string of the molecule is C=CCC(C)n1c(SCC(=O)O)nc2ccc(OC)cc21. The van der Waals surface area contributed by atoms with Crippen molar-refractivity contribution in [2.45, 2.75) is 24.5 Å². The van der Waals surface area contributed by atoms with Crippen molar-refractivity contribution in [2.24, 2.45) is 0 Å². The largest absolute Gasteiger partial charge is 0.497 e. The molecule has 0 aliphatic carbocycles. The molecule has 21 heavy (non-hydrogen) atoms. The molecule has 0 saturated carbocycles. The number of carbonyl (C=O) groups is 1. The quantitative estimate of drug-likeness (QED) is 0.627. The second kappa shape index (κ2) is 6.67. The Labute approximate surface area is 127 Å². The number of benzene rings is 1. The monoisotopic (exact) mass is 306 g/mol. The molecular weight excluding hydrogens is 288 g/mol. The van der Waals surface area contributed by atoms with Crippen molar-refractivity contribution in [2.75, 3.05) is 12.9 Å². The Hall–Kier alpha value is -1.95. The van der Waals surface area contributed by atoms with Crippen molar-refractivity contribution < 1.29 is 14.6 Å². The van der Waals surface area contributed by atoms with E-state index in [1.54, 1.807) is 7.11 Å². The summed E-state index contributed by atoms with van der Waals surface area (Å²) < 4.78 is 7.31. The number of aliphatic carboxylic acids is 1. The van der Waals surface area contributed by atoms with Crippen LogP contribution in [0.25, 0.3) is 11.0 Å². The minimum absolute atomic E-state index is 0.0126. The number of ether oxygens (including phenoxy) is 1. The van der Waals surface area contributed by atoms with Crippen LogP contribution in [0.3, 0.4) is 0 Å². The van der Waals surface area contributed by atoms with Crippen LogP contribution in [0.5, 0.6) is 5.75 Å². The predicted molar refractivity (Wildman–Crippen MR) is 84.2 cm³/mol. The van der Waals surface area contributed by atoms with Crippen LogP contribution in [0, 0.1) is 0 Å². The molecule has 0 radical (unpaired) electrons. The summed E-state index contributed by atoms with van der Waals surface area (Å²) in [4.78, 5) is 15.3. The number of carboxylic acids is 1. The summed E-state index contributed by atoms with van der Waals surface area (Å²) >= 11 is 1.23. The van der Waals surface area contributed by atoms with Crippen LogP contribution in [0.15, 0.2) is 36.0 Å². The summed E-state index contributed by atoms with van der Waals surface area (Å²) in [7, 11) is 1.62. The number of hydrogen-bond donors (Lipinski definition) is 1. The first kappa shape index (κ1) is 15.4. The van der Waals surface area contributed by atoms with Gasteiger partial charge in [0.1, 0.15) is 5.75 Å². The Balaban J connectivity index is 2.51. The molecule has 0 aliphatic heterocycles. The molecule has 1 N–H and O–H groups in total. The van der Waals surface area contributed by atoms with Crippen molar-refractivity contribution in [3.8, 4) is 5.75 Å². The molecule has 1 atom stereocenters. The smallest absolute Gasteiger partial charge is 0.313 e. The van der Waals surface area contributed by atoms with Crippen LogP contribution >= 0.6 is 11.8 Å². The lowest BCUT2D eigenvalue weighted by atomic mass is 10.2. The van der Waals surface area contributed by atoms with Gasteiger partial charge in [-0.1, -0.05) is 17.8 Å². The van der Waals surface area contributed by atoms with Gasteiger partial charge in [-0.25, -0.2) is 4.98 Å². The second-order valence-corrected chi connectivity index (χ2v) is 5.62. The van der Waals surface area contributed by atoms with E-state index in [1.165, 1.54) is 11.8 Å². The van der Waals surface area contributed by atoms with E-state index in [4.69, 9.17) is 9.84 Å². The van der Waals surface area contributed by atoms with Gasteiger partial charge in [0, 0.05) is 12.1 Å². The maximum absolute atomic E-state index is 10.8. The lowest BCUT2D eigenvalue weighted by Crippen LogP contribution is -2.07. The topological polar surface area (TPSA) is 64.4 Å².